The Morgan fingerprint density at radius 2 is 1.19 bits per heavy atom. The van der Waals surface area contributed by atoms with Gasteiger partial charge in [0.2, 0.25) is 0 Å². The third kappa shape index (κ3) is 6.83. The lowest BCUT2D eigenvalue weighted by Crippen LogP contribution is -2.36. The molecule has 3 rings (SSSR count). The second-order valence-corrected chi connectivity index (χ2v) is 13.9. The monoisotopic (exact) mass is 503 g/mol. The van der Waals surface area contributed by atoms with Crippen LogP contribution in [0, 0.1) is 5.41 Å². The van der Waals surface area contributed by atoms with Gasteiger partial charge >= 0.3 is 5.96 Å². The van der Waals surface area contributed by atoms with Gasteiger partial charge in [-0.15, -0.1) is 0 Å². The molecule has 4 nitrogen and oxygen atoms in total. The molecule has 0 amide bonds. The van der Waals surface area contributed by atoms with Crippen molar-refractivity contribution in [1.82, 2.24) is 0 Å². The van der Waals surface area contributed by atoms with Gasteiger partial charge in [-0.05, 0) is 62.1 Å². The third-order valence-corrected chi connectivity index (χ3v) is 11.8. The van der Waals surface area contributed by atoms with E-state index in [0.717, 1.165) is 31.8 Å². The van der Waals surface area contributed by atoms with E-state index < -0.39 is 7.26 Å². The standard InChI is InChI=1S/C31H41N3OP/c1-31(2,23-24-34(3)30(32)33)29(35)22-14-7-15-25-36(26-16-8-4-9-17-26,27-18-10-5-11-19-27)28-20-12-6-13-21-28/h4-6,8-13,16-21H,7,14-15,22-25H2,1-3H3,(H3,32,33)/q+1/p+1. The number of benzene rings is 3. The highest BCUT2D eigenvalue weighted by atomic mass is 31.2. The highest BCUT2D eigenvalue weighted by Gasteiger charge is 2.44. The summed E-state index contributed by atoms with van der Waals surface area (Å²) < 4.78 is 1.80. The van der Waals surface area contributed by atoms with Crippen molar-refractivity contribution in [2.75, 3.05) is 19.8 Å². The van der Waals surface area contributed by atoms with E-state index in [4.69, 9.17) is 11.5 Å². The molecule has 0 spiro atoms. The molecule has 5 heteroatoms. The van der Waals surface area contributed by atoms with Crippen molar-refractivity contribution in [3.8, 4) is 0 Å². The van der Waals surface area contributed by atoms with Crippen molar-refractivity contribution in [1.29, 1.82) is 0 Å². The lowest BCUT2D eigenvalue weighted by molar-refractivity contribution is -0.501. The summed E-state index contributed by atoms with van der Waals surface area (Å²) in [6, 6.07) is 33.0. The number of rotatable bonds is 13. The molecule has 3 aromatic carbocycles. The third-order valence-electron chi connectivity index (χ3n) is 7.26. The first kappa shape index (κ1) is 27.6. The zero-order valence-electron chi connectivity index (χ0n) is 22.1. The van der Waals surface area contributed by atoms with E-state index in [0.29, 0.717) is 24.7 Å². The van der Waals surface area contributed by atoms with E-state index in [2.05, 4.69) is 91.0 Å². The van der Waals surface area contributed by atoms with Crippen molar-refractivity contribution in [2.45, 2.75) is 46.0 Å². The molecule has 0 saturated carbocycles. The number of nitrogens with two attached hydrogens (primary N) is 2. The maximum atomic E-state index is 13.0. The van der Waals surface area contributed by atoms with Gasteiger partial charge in [0.25, 0.3) is 0 Å². The molecular weight excluding hydrogens is 461 g/mol. The SMILES string of the molecule is C[N+](CCC(C)(C)C(=O)CCCCC[P+](c1ccccc1)(c1ccccc1)c1ccccc1)=C(N)N. The summed E-state index contributed by atoms with van der Waals surface area (Å²) in [5, 5.41) is 4.25. The minimum Gasteiger partial charge on any atom is -0.299 e. The molecule has 0 radical (unpaired) electrons. The molecule has 0 unspecified atom stereocenters. The molecule has 0 heterocycles. The van der Waals surface area contributed by atoms with Crippen LogP contribution in [0.2, 0.25) is 0 Å². The molecule has 0 aliphatic rings. The molecule has 190 valence electrons. The summed E-state index contributed by atoms with van der Waals surface area (Å²) in [7, 11) is 0.0613. The zero-order chi connectivity index (χ0) is 26.0. The number of nitrogens with zero attached hydrogens (tertiary/aromatic N) is 1. The second kappa shape index (κ2) is 12.8. The van der Waals surface area contributed by atoms with Crippen LogP contribution in [-0.2, 0) is 4.79 Å². The number of Topliss-reactive ketones (excluding diaryl/α,β-unsaturated/α-hetero) is 1. The quantitative estimate of drug-likeness (QED) is 0.119. The Bertz CT molecular complexity index is 1030. The molecule has 3 aromatic rings. The van der Waals surface area contributed by atoms with Crippen LogP contribution >= 0.6 is 7.26 Å². The van der Waals surface area contributed by atoms with Crippen LogP contribution in [0.5, 0.6) is 0 Å². The number of hydrogen-bond donors (Lipinski definition) is 2. The molecule has 4 N–H and O–H groups in total. The number of carbonyl (C=O) groups excluding carboxylic acids is 1. The number of carbonyl (C=O) groups is 1. The molecule has 0 aliphatic heterocycles. The van der Waals surface area contributed by atoms with E-state index in [1.807, 2.05) is 20.9 Å². The van der Waals surface area contributed by atoms with Gasteiger partial charge in [-0.1, -0.05) is 68.4 Å². The molecular formula is C31H42N3OP+2. The van der Waals surface area contributed by atoms with Crippen LogP contribution in [0.3, 0.4) is 0 Å². The maximum Gasteiger partial charge on any atom is 0.340 e. The Morgan fingerprint density at radius 3 is 1.61 bits per heavy atom. The van der Waals surface area contributed by atoms with Gasteiger partial charge in [0.1, 0.15) is 29.0 Å². The predicted molar refractivity (Wildman–Crippen MR) is 156 cm³/mol. The first-order chi connectivity index (χ1) is 17.3. The molecule has 0 fully saturated rings. The van der Waals surface area contributed by atoms with Gasteiger partial charge in [0.05, 0.1) is 19.8 Å². The Kier molecular flexibility index (Phi) is 9.84. The Hall–Kier alpha value is -2.97. The second-order valence-electron chi connectivity index (χ2n) is 10.3. The first-order valence-electron chi connectivity index (χ1n) is 12.9. The molecule has 0 aliphatic carbocycles. The van der Waals surface area contributed by atoms with Crippen molar-refractivity contribution < 1.29 is 9.37 Å². The molecule has 0 aromatic heterocycles. The number of ketones is 1. The first-order valence-corrected chi connectivity index (χ1v) is 14.9. The summed E-state index contributed by atoms with van der Waals surface area (Å²) in [6.07, 6.45) is 5.50. The molecule has 36 heavy (non-hydrogen) atoms. The van der Waals surface area contributed by atoms with E-state index in [-0.39, 0.29) is 5.41 Å². The average molecular weight is 504 g/mol. The fourth-order valence-corrected chi connectivity index (χ4v) is 9.16. The van der Waals surface area contributed by atoms with Crippen LogP contribution in [0.25, 0.3) is 0 Å². The summed E-state index contributed by atoms with van der Waals surface area (Å²) >= 11 is 0. The number of hydrogen-bond acceptors (Lipinski definition) is 1. The smallest absolute Gasteiger partial charge is 0.299 e. The summed E-state index contributed by atoms with van der Waals surface area (Å²) in [5.74, 6) is 0.613. The fourth-order valence-electron chi connectivity index (χ4n) is 4.75. The van der Waals surface area contributed by atoms with Crippen molar-refractivity contribution in [2.24, 2.45) is 16.9 Å². The Balaban J connectivity index is 1.72. The molecule has 0 atom stereocenters. The number of guanidine groups is 1. The highest BCUT2D eigenvalue weighted by molar-refractivity contribution is 7.95. The lowest BCUT2D eigenvalue weighted by Gasteiger charge is -2.28. The average Bonchev–Trinajstić information content (AvgIpc) is 2.90. The topological polar surface area (TPSA) is 72.1 Å². The minimum absolute atomic E-state index is 0.292. The van der Waals surface area contributed by atoms with Crippen molar-refractivity contribution >= 4 is 34.9 Å². The van der Waals surface area contributed by atoms with Gasteiger partial charge in [0.15, 0.2) is 0 Å². The predicted octanol–water partition coefficient (Wildman–Crippen LogP) is 4.44. The van der Waals surface area contributed by atoms with Crippen molar-refractivity contribution in [3.63, 3.8) is 0 Å². The van der Waals surface area contributed by atoms with Gasteiger partial charge in [-0.2, -0.15) is 0 Å². The summed E-state index contributed by atoms with van der Waals surface area (Å²) in [6.45, 7) is 4.75. The molecule has 0 saturated heterocycles. The van der Waals surface area contributed by atoms with Gasteiger partial charge in [-0.3, -0.25) is 20.8 Å². The fraction of sp³-hybridized carbons (Fsp3) is 0.355. The molecule has 0 bridgehead atoms. The summed E-state index contributed by atoms with van der Waals surface area (Å²) in [5.41, 5.74) is 10.9. The highest BCUT2D eigenvalue weighted by Crippen LogP contribution is 2.56. The van der Waals surface area contributed by atoms with E-state index in [1.54, 1.807) is 4.58 Å². The normalized spacial score (nSPS) is 11.8. The van der Waals surface area contributed by atoms with Crippen LogP contribution in [0.4, 0.5) is 0 Å². The van der Waals surface area contributed by atoms with Crippen LogP contribution in [-0.4, -0.2) is 36.1 Å². The van der Waals surface area contributed by atoms with E-state index in [1.165, 1.54) is 15.9 Å². The van der Waals surface area contributed by atoms with E-state index >= 15 is 0 Å². The van der Waals surface area contributed by atoms with Gasteiger partial charge in [-0.25, -0.2) is 0 Å². The lowest BCUT2D eigenvalue weighted by atomic mass is 9.82. The van der Waals surface area contributed by atoms with Crippen LogP contribution < -0.4 is 27.4 Å². The largest absolute Gasteiger partial charge is 0.340 e. The van der Waals surface area contributed by atoms with Gasteiger partial charge < -0.3 is 0 Å². The Labute approximate surface area is 217 Å². The van der Waals surface area contributed by atoms with E-state index in [9.17, 15) is 4.79 Å². The number of unbranched alkanes of at least 4 members (excludes halogenated alkanes) is 2. The minimum atomic E-state index is -1.80. The summed E-state index contributed by atoms with van der Waals surface area (Å²) in [4.78, 5) is 13.0. The maximum absolute atomic E-state index is 13.0. The van der Waals surface area contributed by atoms with Crippen LogP contribution in [0.1, 0.15) is 46.0 Å². The van der Waals surface area contributed by atoms with Crippen molar-refractivity contribution in [3.05, 3.63) is 91.0 Å². The van der Waals surface area contributed by atoms with Crippen LogP contribution in [0.15, 0.2) is 91.0 Å². The van der Waals surface area contributed by atoms with Gasteiger partial charge in [0, 0.05) is 11.8 Å². The zero-order valence-corrected chi connectivity index (χ0v) is 23.0. The Morgan fingerprint density at radius 1 is 0.750 bits per heavy atom.